The third-order valence-electron chi connectivity index (χ3n) is 4.09. The van der Waals surface area contributed by atoms with E-state index in [0.29, 0.717) is 32.7 Å². The molecule has 0 spiro atoms. The van der Waals surface area contributed by atoms with Crippen LogP contribution in [0.25, 0.3) is 6.08 Å². The molecule has 1 heterocycles. The second-order valence-electron chi connectivity index (χ2n) is 6.13. The predicted octanol–water partition coefficient (Wildman–Crippen LogP) is 4.69. The van der Waals surface area contributed by atoms with Crippen LogP contribution in [0.15, 0.2) is 45.8 Å². The molecule has 3 amide bonds. The van der Waals surface area contributed by atoms with E-state index < -0.39 is 28.5 Å². The van der Waals surface area contributed by atoms with Crippen LogP contribution in [0.1, 0.15) is 5.56 Å². The van der Waals surface area contributed by atoms with E-state index >= 15 is 0 Å². The average molecular weight is 527 g/mol. The van der Waals surface area contributed by atoms with Gasteiger partial charge in [0, 0.05) is 27.9 Å². The molecule has 1 aliphatic rings. The summed E-state index contributed by atoms with van der Waals surface area (Å²) >= 11 is 9.86. The summed E-state index contributed by atoms with van der Waals surface area (Å²) < 4.78 is 5.82. The fourth-order valence-corrected chi connectivity index (χ4v) is 3.90. The summed E-state index contributed by atoms with van der Waals surface area (Å²) in [5.41, 5.74) is 0.469. The minimum atomic E-state index is -0.687. The van der Waals surface area contributed by atoms with E-state index in [0.717, 1.165) is 4.90 Å². The summed E-state index contributed by atoms with van der Waals surface area (Å²) in [6.07, 6.45) is 1.32. The number of nitrogens with zero attached hydrogens (tertiary/aromatic N) is 2. The number of methoxy groups -OCH3 is 1. The molecule has 0 aromatic heterocycles. The van der Waals surface area contributed by atoms with E-state index in [-0.39, 0.29) is 16.2 Å². The second kappa shape index (κ2) is 9.50. The molecule has 1 N–H and O–H groups in total. The Balaban J connectivity index is 1.77. The first-order valence-electron chi connectivity index (χ1n) is 8.52. The van der Waals surface area contributed by atoms with E-state index in [4.69, 9.17) is 16.3 Å². The van der Waals surface area contributed by atoms with E-state index in [1.807, 2.05) is 0 Å². The van der Waals surface area contributed by atoms with Crippen LogP contribution >= 0.6 is 39.3 Å². The average Bonchev–Trinajstić information content (AvgIpc) is 2.98. The topological polar surface area (TPSA) is 119 Å². The van der Waals surface area contributed by atoms with E-state index in [1.54, 1.807) is 12.1 Å². The number of nitrogens with one attached hydrogen (secondary N) is 1. The number of anilines is 1. The van der Waals surface area contributed by atoms with Gasteiger partial charge in [-0.3, -0.25) is 29.4 Å². The molecule has 0 aliphatic carbocycles. The van der Waals surface area contributed by atoms with Gasteiger partial charge in [-0.1, -0.05) is 11.6 Å². The Morgan fingerprint density at radius 1 is 1.32 bits per heavy atom. The lowest BCUT2D eigenvalue weighted by Crippen LogP contribution is -2.36. The van der Waals surface area contributed by atoms with Crippen LogP contribution < -0.4 is 10.1 Å². The Bertz CT molecular complexity index is 1140. The van der Waals surface area contributed by atoms with Crippen LogP contribution in [-0.2, 0) is 9.59 Å². The van der Waals surface area contributed by atoms with Crippen molar-refractivity contribution in [3.05, 3.63) is 66.5 Å². The van der Waals surface area contributed by atoms with Crippen LogP contribution in [0.5, 0.6) is 5.75 Å². The van der Waals surface area contributed by atoms with Crippen molar-refractivity contribution < 1.29 is 24.0 Å². The van der Waals surface area contributed by atoms with Crippen molar-refractivity contribution in [1.29, 1.82) is 0 Å². The van der Waals surface area contributed by atoms with Crippen molar-refractivity contribution in [1.82, 2.24) is 4.90 Å². The highest BCUT2D eigenvalue weighted by Gasteiger charge is 2.36. The van der Waals surface area contributed by atoms with Gasteiger partial charge in [0.2, 0.25) is 5.91 Å². The molecule has 1 fully saturated rings. The van der Waals surface area contributed by atoms with Crippen molar-refractivity contribution in [3.8, 4) is 5.75 Å². The number of non-ortho nitro benzene ring substituents is 1. The highest BCUT2D eigenvalue weighted by molar-refractivity contribution is 9.10. The largest absolute Gasteiger partial charge is 0.496 e. The van der Waals surface area contributed by atoms with Crippen molar-refractivity contribution in [3.63, 3.8) is 0 Å². The van der Waals surface area contributed by atoms with Crippen LogP contribution in [0, 0.1) is 10.1 Å². The Kier molecular flexibility index (Phi) is 6.98. The molecule has 1 saturated heterocycles. The molecule has 160 valence electrons. The van der Waals surface area contributed by atoms with E-state index in [9.17, 15) is 24.5 Å². The molecule has 31 heavy (non-hydrogen) atoms. The first kappa shape index (κ1) is 22.8. The lowest BCUT2D eigenvalue weighted by atomic mass is 10.1. The number of hydrogen-bond donors (Lipinski definition) is 1. The Morgan fingerprint density at radius 2 is 2.06 bits per heavy atom. The van der Waals surface area contributed by atoms with Gasteiger partial charge in [0.05, 0.1) is 22.0 Å². The number of thioether (sulfide) groups is 1. The molecule has 3 rings (SSSR count). The number of halogens is 2. The number of amides is 3. The van der Waals surface area contributed by atoms with Gasteiger partial charge in [0.1, 0.15) is 12.3 Å². The Morgan fingerprint density at radius 3 is 2.71 bits per heavy atom. The van der Waals surface area contributed by atoms with Gasteiger partial charge in [0.15, 0.2) is 0 Å². The van der Waals surface area contributed by atoms with E-state index in [1.165, 1.54) is 37.5 Å². The van der Waals surface area contributed by atoms with Crippen LogP contribution in [0.4, 0.5) is 16.2 Å². The molecule has 0 radical (unpaired) electrons. The van der Waals surface area contributed by atoms with Crippen molar-refractivity contribution >= 4 is 73.8 Å². The summed E-state index contributed by atoms with van der Waals surface area (Å²) in [4.78, 5) is 48.5. The number of carbonyl (C=O) groups is 3. The zero-order chi connectivity index (χ0) is 22.7. The lowest BCUT2D eigenvalue weighted by molar-refractivity contribution is -0.384. The predicted molar refractivity (Wildman–Crippen MR) is 120 cm³/mol. The highest BCUT2D eigenvalue weighted by Crippen LogP contribution is 2.35. The Hall–Kier alpha value is -2.89. The number of nitro groups is 1. The number of carbonyl (C=O) groups excluding carboxylic acids is 3. The van der Waals surface area contributed by atoms with Gasteiger partial charge < -0.3 is 10.1 Å². The van der Waals surface area contributed by atoms with Gasteiger partial charge in [-0.05, 0) is 58.0 Å². The number of imide groups is 1. The van der Waals surface area contributed by atoms with Crippen molar-refractivity contribution in [2.45, 2.75) is 0 Å². The monoisotopic (exact) mass is 525 g/mol. The van der Waals surface area contributed by atoms with Gasteiger partial charge in [0.25, 0.3) is 16.8 Å². The molecular weight excluding hydrogens is 514 g/mol. The summed E-state index contributed by atoms with van der Waals surface area (Å²) in [5.74, 6) is -0.982. The van der Waals surface area contributed by atoms with Gasteiger partial charge in [-0.2, -0.15) is 0 Å². The summed E-state index contributed by atoms with van der Waals surface area (Å²) in [6.45, 7) is -0.498. The van der Waals surface area contributed by atoms with Gasteiger partial charge in [-0.25, -0.2) is 0 Å². The highest BCUT2D eigenvalue weighted by atomic mass is 79.9. The fourth-order valence-electron chi connectivity index (χ4n) is 2.64. The van der Waals surface area contributed by atoms with Crippen LogP contribution in [0.2, 0.25) is 5.02 Å². The van der Waals surface area contributed by atoms with E-state index in [2.05, 4.69) is 21.2 Å². The molecule has 2 aromatic carbocycles. The maximum absolute atomic E-state index is 12.7. The maximum Gasteiger partial charge on any atom is 0.294 e. The number of benzene rings is 2. The van der Waals surface area contributed by atoms with Crippen molar-refractivity contribution in [2.24, 2.45) is 0 Å². The smallest absolute Gasteiger partial charge is 0.294 e. The minimum Gasteiger partial charge on any atom is -0.496 e. The second-order valence-corrected chi connectivity index (χ2v) is 8.38. The van der Waals surface area contributed by atoms with Gasteiger partial charge >= 0.3 is 0 Å². The SMILES string of the molecule is COc1ccc([N+](=O)[O-])cc1/C=C1/SC(=O)N(CC(=O)Nc2ccc(Br)c(Cl)c2)C1=O. The number of ether oxygens (including phenoxy) is 1. The fraction of sp³-hybridized carbons (Fsp3) is 0.105. The molecule has 1 aliphatic heterocycles. The molecular formula is C19H13BrClN3O6S. The number of nitro benzene ring substituents is 1. The first-order chi connectivity index (χ1) is 14.7. The quantitative estimate of drug-likeness (QED) is 0.329. The molecule has 0 unspecified atom stereocenters. The first-order valence-corrected chi connectivity index (χ1v) is 10.5. The number of hydrogen-bond acceptors (Lipinski definition) is 7. The zero-order valence-electron chi connectivity index (χ0n) is 15.8. The van der Waals surface area contributed by atoms with Crippen LogP contribution in [0.3, 0.4) is 0 Å². The summed E-state index contributed by atoms with van der Waals surface area (Å²) in [5, 5.41) is 13.3. The Labute approximate surface area is 193 Å². The third-order valence-corrected chi connectivity index (χ3v) is 6.23. The molecule has 9 nitrogen and oxygen atoms in total. The third kappa shape index (κ3) is 5.24. The molecule has 2 aromatic rings. The molecule has 0 saturated carbocycles. The molecule has 12 heteroatoms. The van der Waals surface area contributed by atoms with Crippen LogP contribution in [-0.4, -0.2) is 40.5 Å². The number of rotatable bonds is 6. The summed E-state index contributed by atoms with van der Waals surface area (Å²) in [7, 11) is 1.38. The maximum atomic E-state index is 12.7. The standard InChI is InChI=1S/C19H13BrClN3O6S/c1-30-15-5-3-12(24(28)29)6-10(15)7-16-18(26)23(19(27)31-16)9-17(25)22-11-2-4-13(20)14(21)8-11/h2-8H,9H2,1H3,(H,22,25)/b16-7+. The molecule has 0 bridgehead atoms. The normalized spacial score (nSPS) is 14.8. The summed E-state index contributed by atoms with van der Waals surface area (Å²) in [6, 6.07) is 8.66. The van der Waals surface area contributed by atoms with Crippen molar-refractivity contribution in [2.75, 3.05) is 19.0 Å². The molecule has 0 atom stereocenters. The zero-order valence-corrected chi connectivity index (χ0v) is 18.9. The van der Waals surface area contributed by atoms with Gasteiger partial charge in [-0.15, -0.1) is 0 Å². The lowest BCUT2D eigenvalue weighted by Gasteiger charge is -2.12. The minimum absolute atomic E-state index is 0.0169.